The van der Waals surface area contributed by atoms with E-state index in [9.17, 15) is 9.59 Å². The minimum absolute atomic E-state index is 0.183. The molecule has 1 aliphatic heterocycles. The van der Waals surface area contributed by atoms with Crippen molar-refractivity contribution >= 4 is 11.9 Å². The predicted molar refractivity (Wildman–Crippen MR) is 38.9 cm³/mol. The fourth-order valence-electron chi connectivity index (χ4n) is 1.13. The highest BCUT2D eigenvalue weighted by Gasteiger charge is 2.47. The molecule has 68 valence electrons. The molecule has 0 saturated carbocycles. The average molecular weight is 173 g/mol. The quantitative estimate of drug-likeness (QED) is 0.586. The van der Waals surface area contributed by atoms with E-state index in [1.165, 1.54) is 0 Å². The number of primary amides is 1. The molecule has 1 atom stereocenters. The lowest BCUT2D eigenvalue weighted by Crippen LogP contribution is -2.46. The number of cyclic esters (lactones) is 1. The molecule has 0 aromatic rings. The lowest BCUT2D eigenvalue weighted by atomic mass is 10.2. The molecule has 0 aromatic carbocycles. The molecule has 2 N–H and O–H groups in total. The molecule has 5 nitrogen and oxygen atoms in total. The Balaban J connectivity index is 2.74. The average Bonchev–Trinajstić information content (AvgIpc) is 2.34. The van der Waals surface area contributed by atoms with Gasteiger partial charge in [-0.25, -0.2) is 0 Å². The summed E-state index contributed by atoms with van der Waals surface area (Å²) in [6.45, 7) is 1.99. The number of rotatable bonds is 3. The molecule has 1 aliphatic rings. The van der Waals surface area contributed by atoms with Crippen LogP contribution < -0.4 is 5.73 Å². The predicted octanol–water partition coefficient (Wildman–Crippen LogP) is -0.459. The monoisotopic (exact) mass is 173 g/mol. The van der Waals surface area contributed by atoms with E-state index >= 15 is 0 Å². The minimum Gasteiger partial charge on any atom is -0.423 e. The second-order valence-corrected chi connectivity index (χ2v) is 2.52. The summed E-state index contributed by atoms with van der Waals surface area (Å²) in [5.41, 5.74) is 5.04. The third-order valence-electron chi connectivity index (χ3n) is 1.69. The van der Waals surface area contributed by atoms with Gasteiger partial charge >= 0.3 is 5.97 Å². The second kappa shape index (κ2) is 3.10. The van der Waals surface area contributed by atoms with Crippen LogP contribution >= 0.6 is 0 Å². The van der Waals surface area contributed by atoms with Gasteiger partial charge < -0.3 is 15.2 Å². The summed E-state index contributed by atoms with van der Waals surface area (Å²) < 4.78 is 9.72. The standard InChI is InChI=1S/C7H11NO4/c1-2-11-7(6(8)10)4-3-5(9)12-7/h2-4H2,1H3,(H2,8,10)/t7-/m1/s1. The molecule has 0 radical (unpaired) electrons. The number of carbonyl (C=O) groups excluding carboxylic acids is 2. The third-order valence-corrected chi connectivity index (χ3v) is 1.69. The first-order valence-electron chi connectivity index (χ1n) is 3.76. The summed E-state index contributed by atoms with van der Waals surface area (Å²) in [7, 11) is 0. The van der Waals surface area contributed by atoms with Gasteiger partial charge in [0.2, 0.25) is 0 Å². The maximum atomic E-state index is 10.9. The Labute approximate surface area is 69.8 Å². The van der Waals surface area contributed by atoms with Crippen LogP contribution in [0, 0.1) is 0 Å². The first-order chi connectivity index (χ1) is 5.60. The van der Waals surface area contributed by atoms with Crippen molar-refractivity contribution in [3.8, 4) is 0 Å². The topological polar surface area (TPSA) is 78.6 Å². The Hall–Kier alpha value is -1.10. The number of hydrogen-bond acceptors (Lipinski definition) is 4. The molecule has 0 spiro atoms. The Morgan fingerprint density at radius 3 is 2.83 bits per heavy atom. The summed E-state index contributed by atoms with van der Waals surface area (Å²) in [6, 6.07) is 0. The van der Waals surface area contributed by atoms with Crippen molar-refractivity contribution in [2.75, 3.05) is 6.61 Å². The van der Waals surface area contributed by atoms with Crippen molar-refractivity contribution in [2.45, 2.75) is 25.6 Å². The lowest BCUT2D eigenvalue weighted by molar-refractivity contribution is -0.209. The Morgan fingerprint density at radius 1 is 1.83 bits per heavy atom. The zero-order chi connectivity index (χ0) is 9.19. The maximum absolute atomic E-state index is 10.9. The molecule has 1 rings (SSSR count). The number of nitrogens with two attached hydrogens (primary N) is 1. The summed E-state index contributed by atoms with van der Waals surface area (Å²) in [5.74, 6) is -2.68. The maximum Gasteiger partial charge on any atom is 0.309 e. The molecule has 1 amide bonds. The van der Waals surface area contributed by atoms with E-state index in [4.69, 9.17) is 15.2 Å². The van der Waals surface area contributed by atoms with Gasteiger partial charge in [0, 0.05) is 13.0 Å². The minimum atomic E-state index is -1.49. The molecule has 0 aromatic heterocycles. The van der Waals surface area contributed by atoms with E-state index in [-0.39, 0.29) is 19.4 Å². The van der Waals surface area contributed by atoms with E-state index in [0.29, 0.717) is 0 Å². The second-order valence-electron chi connectivity index (χ2n) is 2.52. The van der Waals surface area contributed by atoms with Gasteiger partial charge in [-0.15, -0.1) is 0 Å². The number of amides is 1. The van der Waals surface area contributed by atoms with Crippen LogP contribution in [-0.2, 0) is 19.1 Å². The zero-order valence-corrected chi connectivity index (χ0v) is 6.83. The van der Waals surface area contributed by atoms with Gasteiger partial charge in [0.25, 0.3) is 11.7 Å². The van der Waals surface area contributed by atoms with Gasteiger partial charge in [0.15, 0.2) is 0 Å². The first-order valence-corrected chi connectivity index (χ1v) is 3.76. The van der Waals surface area contributed by atoms with E-state index in [0.717, 1.165) is 0 Å². The van der Waals surface area contributed by atoms with Crippen molar-refractivity contribution in [1.82, 2.24) is 0 Å². The zero-order valence-electron chi connectivity index (χ0n) is 6.83. The molecule has 1 saturated heterocycles. The molecule has 0 unspecified atom stereocenters. The van der Waals surface area contributed by atoms with Gasteiger partial charge in [0.05, 0.1) is 6.42 Å². The van der Waals surface area contributed by atoms with E-state index in [1.807, 2.05) is 0 Å². The van der Waals surface area contributed by atoms with Crippen LogP contribution in [0.2, 0.25) is 0 Å². The first kappa shape index (κ1) is 8.99. The van der Waals surface area contributed by atoms with Gasteiger partial charge in [0.1, 0.15) is 0 Å². The molecular formula is C7H11NO4. The van der Waals surface area contributed by atoms with Gasteiger partial charge in [-0.05, 0) is 6.92 Å². The van der Waals surface area contributed by atoms with Crippen LogP contribution in [0.4, 0.5) is 0 Å². The van der Waals surface area contributed by atoms with Crippen LogP contribution in [0.5, 0.6) is 0 Å². The number of carbonyl (C=O) groups is 2. The van der Waals surface area contributed by atoms with Crippen molar-refractivity contribution < 1.29 is 19.1 Å². The van der Waals surface area contributed by atoms with Crippen molar-refractivity contribution in [1.29, 1.82) is 0 Å². The highest BCUT2D eigenvalue weighted by atomic mass is 16.7. The van der Waals surface area contributed by atoms with Crippen LogP contribution in [0.3, 0.4) is 0 Å². The molecule has 12 heavy (non-hydrogen) atoms. The summed E-state index contributed by atoms with van der Waals surface area (Å²) in [6.07, 6.45) is 0.401. The van der Waals surface area contributed by atoms with Gasteiger partial charge in [-0.2, -0.15) is 0 Å². The molecule has 0 aliphatic carbocycles. The van der Waals surface area contributed by atoms with Crippen LogP contribution in [0.1, 0.15) is 19.8 Å². The fraction of sp³-hybridized carbons (Fsp3) is 0.714. The molecule has 5 heteroatoms. The lowest BCUT2D eigenvalue weighted by Gasteiger charge is -2.22. The molecule has 1 heterocycles. The van der Waals surface area contributed by atoms with E-state index < -0.39 is 17.7 Å². The summed E-state index contributed by atoms with van der Waals surface area (Å²) in [5, 5.41) is 0. The molecular weight excluding hydrogens is 162 g/mol. The fourth-order valence-corrected chi connectivity index (χ4v) is 1.13. The number of hydrogen-bond donors (Lipinski definition) is 1. The van der Waals surface area contributed by atoms with E-state index in [1.54, 1.807) is 6.92 Å². The highest BCUT2D eigenvalue weighted by Crippen LogP contribution is 2.27. The largest absolute Gasteiger partial charge is 0.423 e. The van der Waals surface area contributed by atoms with Gasteiger partial charge in [-0.1, -0.05) is 0 Å². The Kier molecular flexibility index (Phi) is 2.32. The summed E-state index contributed by atoms with van der Waals surface area (Å²) >= 11 is 0. The summed E-state index contributed by atoms with van der Waals surface area (Å²) in [4.78, 5) is 21.6. The number of ether oxygens (including phenoxy) is 2. The van der Waals surface area contributed by atoms with Crippen LogP contribution in [0.15, 0.2) is 0 Å². The van der Waals surface area contributed by atoms with E-state index in [2.05, 4.69) is 0 Å². The molecule has 1 fully saturated rings. The number of esters is 1. The highest BCUT2D eigenvalue weighted by molar-refractivity contribution is 5.87. The van der Waals surface area contributed by atoms with Crippen molar-refractivity contribution in [3.05, 3.63) is 0 Å². The molecule has 0 bridgehead atoms. The third kappa shape index (κ3) is 1.40. The van der Waals surface area contributed by atoms with Crippen LogP contribution in [0.25, 0.3) is 0 Å². The Bertz CT molecular complexity index is 215. The Morgan fingerprint density at radius 2 is 2.50 bits per heavy atom. The SMILES string of the molecule is CCO[C@]1(C(N)=O)CCC(=O)O1. The normalized spacial score (nSPS) is 28.6. The smallest absolute Gasteiger partial charge is 0.309 e. The van der Waals surface area contributed by atoms with Crippen molar-refractivity contribution in [2.24, 2.45) is 5.73 Å². The van der Waals surface area contributed by atoms with Gasteiger partial charge in [-0.3, -0.25) is 9.59 Å². The van der Waals surface area contributed by atoms with Crippen molar-refractivity contribution in [3.63, 3.8) is 0 Å². The van der Waals surface area contributed by atoms with Crippen LogP contribution in [-0.4, -0.2) is 24.3 Å².